The van der Waals surface area contributed by atoms with Gasteiger partial charge in [0.15, 0.2) is 11.6 Å². The molecule has 2 aromatic carbocycles. The van der Waals surface area contributed by atoms with Gasteiger partial charge in [0.2, 0.25) is 0 Å². The summed E-state index contributed by atoms with van der Waals surface area (Å²) in [5.41, 5.74) is 3.12. The van der Waals surface area contributed by atoms with E-state index in [1.54, 1.807) is 4.68 Å². The molecule has 0 spiro atoms. The molecule has 4 rings (SSSR count). The van der Waals surface area contributed by atoms with Crippen molar-refractivity contribution in [1.82, 2.24) is 14.8 Å². The molecular weight excluding hydrogens is 328 g/mol. The lowest BCUT2D eigenvalue weighted by molar-refractivity contribution is 0.123. The van der Waals surface area contributed by atoms with Gasteiger partial charge in [0, 0.05) is 29.9 Å². The molecule has 0 aliphatic carbocycles. The summed E-state index contributed by atoms with van der Waals surface area (Å²) in [6, 6.07) is 18.2. The van der Waals surface area contributed by atoms with E-state index in [4.69, 9.17) is 9.72 Å². The fourth-order valence-electron chi connectivity index (χ4n) is 3.24. The van der Waals surface area contributed by atoms with E-state index in [9.17, 15) is 5.11 Å². The first kappa shape index (κ1) is 16.8. The third-order valence-corrected chi connectivity index (χ3v) is 4.51. The van der Waals surface area contributed by atoms with E-state index in [-0.39, 0.29) is 6.61 Å². The number of rotatable bonds is 5. The molecule has 6 heteroatoms. The number of aliphatic hydroxyl groups excluding tert-OH is 1. The third kappa shape index (κ3) is 3.34. The van der Waals surface area contributed by atoms with E-state index >= 15 is 0 Å². The van der Waals surface area contributed by atoms with E-state index < -0.39 is 0 Å². The zero-order valence-corrected chi connectivity index (χ0v) is 14.6. The average Bonchev–Trinajstić information content (AvgIpc) is 3.13. The number of aliphatic hydroxyl groups is 1. The second-order valence-electron chi connectivity index (χ2n) is 6.19. The standard InChI is InChI=1S/C20H22N4O2/c25-13-10-24-20(21-19(22-24)16-6-2-1-3-7-16)17-8-4-5-9-18(17)23-11-14-26-15-12-23/h1-9,25H,10-15H2. The number of morpholine rings is 1. The Balaban J connectivity index is 1.79. The molecule has 1 fully saturated rings. The average molecular weight is 350 g/mol. The minimum Gasteiger partial charge on any atom is -0.394 e. The summed E-state index contributed by atoms with van der Waals surface area (Å²) in [6.45, 7) is 3.60. The maximum Gasteiger partial charge on any atom is 0.181 e. The van der Waals surface area contributed by atoms with Crippen LogP contribution in [0.25, 0.3) is 22.8 Å². The minimum absolute atomic E-state index is 0.0182. The predicted molar refractivity (Wildman–Crippen MR) is 101 cm³/mol. The van der Waals surface area contributed by atoms with Crippen molar-refractivity contribution in [3.8, 4) is 22.8 Å². The molecule has 0 amide bonds. The van der Waals surface area contributed by atoms with Crippen molar-refractivity contribution < 1.29 is 9.84 Å². The molecule has 134 valence electrons. The first-order chi connectivity index (χ1) is 12.9. The topological polar surface area (TPSA) is 63.4 Å². The highest BCUT2D eigenvalue weighted by atomic mass is 16.5. The quantitative estimate of drug-likeness (QED) is 0.766. The van der Waals surface area contributed by atoms with Crippen LogP contribution in [0.3, 0.4) is 0 Å². The van der Waals surface area contributed by atoms with Gasteiger partial charge in [-0.3, -0.25) is 0 Å². The lowest BCUT2D eigenvalue weighted by atomic mass is 10.1. The molecule has 1 aliphatic rings. The van der Waals surface area contributed by atoms with E-state index in [0.29, 0.717) is 12.4 Å². The number of ether oxygens (including phenoxy) is 1. The second-order valence-corrected chi connectivity index (χ2v) is 6.19. The van der Waals surface area contributed by atoms with Crippen LogP contribution in [0.2, 0.25) is 0 Å². The predicted octanol–water partition coefficient (Wildman–Crippen LogP) is 2.44. The Morgan fingerprint density at radius 3 is 2.46 bits per heavy atom. The van der Waals surface area contributed by atoms with Gasteiger partial charge in [0.05, 0.1) is 26.4 Å². The van der Waals surface area contributed by atoms with E-state index in [1.807, 2.05) is 42.5 Å². The monoisotopic (exact) mass is 350 g/mol. The Labute approximate surface area is 152 Å². The van der Waals surface area contributed by atoms with Crippen LogP contribution in [0.5, 0.6) is 0 Å². The van der Waals surface area contributed by atoms with Crippen molar-refractivity contribution in [3.63, 3.8) is 0 Å². The van der Waals surface area contributed by atoms with Crippen molar-refractivity contribution in [1.29, 1.82) is 0 Å². The van der Waals surface area contributed by atoms with Gasteiger partial charge in [0.1, 0.15) is 0 Å². The summed E-state index contributed by atoms with van der Waals surface area (Å²) in [6.07, 6.45) is 0. The van der Waals surface area contributed by atoms with Crippen molar-refractivity contribution in [2.75, 3.05) is 37.8 Å². The highest BCUT2D eigenvalue weighted by Gasteiger charge is 2.20. The molecular formula is C20H22N4O2. The Morgan fingerprint density at radius 2 is 1.69 bits per heavy atom. The number of aromatic nitrogens is 3. The van der Waals surface area contributed by atoms with Gasteiger partial charge in [-0.25, -0.2) is 9.67 Å². The zero-order valence-electron chi connectivity index (χ0n) is 14.6. The van der Waals surface area contributed by atoms with Crippen LogP contribution in [0, 0.1) is 0 Å². The number of hydrogen-bond donors (Lipinski definition) is 1. The van der Waals surface area contributed by atoms with Gasteiger partial charge in [-0.15, -0.1) is 0 Å². The smallest absolute Gasteiger partial charge is 0.181 e. The van der Waals surface area contributed by atoms with Crippen LogP contribution in [-0.2, 0) is 11.3 Å². The maximum atomic E-state index is 9.47. The SMILES string of the molecule is OCCn1nc(-c2ccccc2)nc1-c1ccccc1N1CCOCC1. The fourth-order valence-corrected chi connectivity index (χ4v) is 3.24. The summed E-state index contributed by atoms with van der Waals surface area (Å²) in [7, 11) is 0. The normalized spacial score (nSPS) is 14.6. The fraction of sp³-hybridized carbons (Fsp3) is 0.300. The number of hydrogen-bond acceptors (Lipinski definition) is 5. The van der Waals surface area contributed by atoms with Crippen LogP contribution in [0.15, 0.2) is 54.6 Å². The molecule has 1 aliphatic heterocycles. The van der Waals surface area contributed by atoms with Gasteiger partial charge < -0.3 is 14.7 Å². The van der Waals surface area contributed by atoms with Crippen molar-refractivity contribution >= 4 is 5.69 Å². The first-order valence-corrected chi connectivity index (χ1v) is 8.90. The van der Waals surface area contributed by atoms with Crippen LogP contribution >= 0.6 is 0 Å². The van der Waals surface area contributed by atoms with E-state index in [0.717, 1.165) is 48.9 Å². The highest BCUT2D eigenvalue weighted by Crippen LogP contribution is 2.31. The molecule has 0 radical (unpaired) electrons. The zero-order chi connectivity index (χ0) is 17.8. The lowest BCUT2D eigenvalue weighted by Crippen LogP contribution is -2.36. The largest absolute Gasteiger partial charge is 0.394 e. The van der Waals surface area contributed by atoms with Gasteiger partial charge in [-0.05, 0) is 12.1 Å². The third-order valence-electron chi connectivity index (χ3n) is 4.51. The van der Waals surface area contributed by atoms with Gasteiger partial charge in [-0.2, -0.15) is 5.10 Å². The number of para-hydroxylation sites is 1. The summed E-state index contributed by atoms with van der Waals surface area (Å²) < 4.78 is 7.28. The number of benzene rings is 2. The van der Waals surface area contributed by atoms with Gasteiger partial charge >= 0.3 is 0 Å². The molecule has 1 saturated heterocycles. The summed E-state index contributed by atoms with van der Waals surface area (Å²) in [5.74, 6) is 1.45. The lowest BCUT2D eigenvalue weighted by Gasteiger charge is -2.30. The Hall–Kier alpha value is -2.70. The molecule has 6 nitrogen and oxygen atoms in total. The molecule has 0 bridgehead atoms. The Morgan fingerprint density at radius 1 is 0.962 bits per heavy atom. The van der Waals surface area contributed by atoms with Crippen LogP contribution < -0.4 is 4.90 Å². The molecule has 2 heterocycles. The van der Waals surface area contributed by atoms with Crippen LogP contribution in [-0.4, -0.2) is 52.8 Å². The summed E-state index contributed by atoms with van der Waals surface area (Å²) in [4.78, 5) is 7.13. The summed E-state index contributed by atoms with van der Waals surface area (Å²) >= 11 is 0. The van der Waals surface area contributed by atoms with Crippen LogP contribution in [0.1, 0.15) is 0 Å². The molecule has 1 N–H and O–H groups in total. The molecule has 0 atom stereocenters. The number of nitrogens with zero attached hydrogens (tertiary/aromatic N) is 4. The summed E-state index contributed by atoms with van der Waals surface area (Å²) in [5, 5.41) is 14.1. The first-order valence-electron chi connectivity index (χ1n) is 8.90. The van der Waals surface area contributed by atoms with Crippen molar-refractivity contribution in [2.45, 2.75) is 6.54 Å². The molecule has 26 heavy (non-hydrogen) atoms. The molecule has 1 aromatic heterocycles. The Bertz CT molecular complexity index is 857. The van der Waals surface area contributed by atoms with E-state index in [2.05, 4.69) is 22.1 Å². The molecule has 0 saturated carbocycles. The van der Waals surface area contributed by atoms with Crippen LogP contribution in [0.4, 0.5) is 5.69 Å². The Kier molecular flexibility index (Phi) is 4.95. The van der Waals surface area contributed by atoms with Gasteiger partial charge in [0.25, 0.3) is 0 Å². The molecule has 0 unspecified atom stereocenters. The maximum absolute atomic E-state index is 9.47. The minimum atomic E-state index is 0.0182. The van der Waals surface area contributed by atoms with Crippen molar-refractivity contribution in [2.24, 2.45) is 0 Å². The van der Waals surface area contributed by atoms with E-state index in [1.165, 1.54) is 0 Å². The molecule has 3 aromatic rings. The highest BCUT2D eigenvalue weighted by molar-refractivity contribution is 5.76. The van der Waals surface area contributed by atoms with Gasteiger partial charge in [-0.1, -0.05) is 42.5 Å². The number of anilines is 1. The van der Waals surface area contributed by atoms with Crippen molar-refractivity contribution in [3.05, 3.63) is 54.6 Å². The second kappa shape index (κ2) is 7.68.